The summed E-state index contributed by atoms with van der Waals surface area (Å²) < 4.78 is 56.9. The van der Waals surface area contributed by atoms with Gasteiger partial charge in [0.1, 0.15) is 11.4 Å². The Morgan fingerprint density at radius 1 is 1.12 bits per heavy atom. The molecule has 6 heteroatoms. The number of hydrogen-bond donors (Lipinski definition) is 0. The molecule has 26 heavy (non-hydrogen) atoms. The standard InChI is InChI=1S/C20H17F4NO/c1-25(12-15-13-26-19-7-3-2-6-17(15)19)10-4-5-14-8-9-16(11-18(14)21)20(22,23)24/h2-9,11,13H,10,12H2,1H3/b5-4+. The van der Waals surface area contributed by atoms with Crippen molar-refractivity contribution >= 4 is 17.0 Å². The first-order valence-corrected chi connectivity index (χ1v) is 8.01. The lowest BCUT2D eigenvalue weighted by molar-refractivity contribution is -0.137. The zero-order valence-electron chi connectivity index (χ0n) is 14.1. The summed E-state index contributed by atoms with van der Waals surface area (Å²) in [6.45, 7) is 1.15. The van der Waals surface area contributed by atoms with Gasteiger partial charge in [-0.15, -0.1) is 0 Å². The van der Waals surface area contributed by atoms with Crippen molar-refractivity contribution in [1.29, 1.82) is 0 Å². The van der Waals surface area contributed by atoms with Gasteiger partial charge < -0.3 is 4.42 Å². The number of fused-ring (bicyclic) bond motifs is 1. The van der Waals surface area contributed by atoms with Crippen LogP contribution in [0.25, 0.3) is 17.0 Å². The molecular formula is C20H17F4NO. The molecule has 0 atom stereocenters. The number of furan rings is 1. The summed E-state index contributed by atoms with van der Waals surface area (Å²) in [6.07, 6.45) is 0.366. The maximum Gasteiger partial charge on any atom is 0.416 e. The Labute approximate surface area is 148 Å². The molecule has 0 fully saturated rings. The van der Waals surface area contributed by atoms with E-state index in [1.54, 1.807) is 12.3 Å². The Bertz CT molecular complexity index is 927. The first kappa shape index (κ1) is 18.2. The molecule has 136 valence electrons. The molecule has 0 spiro atoms. The van der Waals surface area contributed by atoms with Crippen LogP contribution in [0.2, 0.25) is 0 Å². The van der Waals surface area contributed by atoms with Gasteiger partial charge in [-0.3, -0.25) is 4.90 Å². The van der Waals surface area contributed by atoms with Crippen molar-refractivity contribution < 1.29 is 22.0 Å². The first-order chi connectivity index (χ1) is 12.3. The molecule has 1 aromatic heterocycles. The Balaban J connectivity index is 1.63. The molecule has 0 bridgehead atoms. The molecule has 0 unspecified atom stereocenters. The SMILES string of the molecule is CN(C/C=C/c1ccc(C(F)(F)F)cc1F)Cc1coc2ccccc12. The van der Waals surface area contributed by atoms with Gasteiger partial charge in [0.25, 0.3) is 0 Å². The van der Waals surface area contributed by atoms with Crippen molar-refractivity contribution in [2.75, 3.05) is 13.6 Å². The number of halogens is 4. The molecule has 0 saturated heterocycles. The minimum absolute atomic E-state index is 0.125. The molecule has 0 aliphatic heterocycles. The van der Waals surface area contributed by atoms with E-state index in [1.807, 2.05) is 36.2 Å². The van der Waals surface area contributed by atoms with E-state index in [0.717, 1.165) is 28.7 Å². The third-order valence-electron chi connectivity index (χ3n) is 4.04. The van der Waals surface area contributed by atoms with Crippen molar-refractivity contribution in [2.24, 2.45) is 0 Å². The molecular weight excluding hydrogens is 346 g/mol. The van der Waals surface area contributed by atoms with Gasteiger partial charge in [0, 0.05) is 29.6 Å². The molecule has 3 aromatic rings. The predicted octanol–water partition coefficient (Wildman–Crippen LogP) is 5.74. The van der Waals surface area contributed by atoms with E-state index in [-0.39, 0.29) is 5.56 Å². The molecule has 0 amide bonds. The smallest absolute Gasteiger partial charge is 0.416 e. The Morgan fingerprint density at radius 3 is 2.62 bits per heavy atom. The quantitative estimate of drug-likeness (QED) is 0.538. The second kappa shape index (κ2) is 7.33. The Morgan fingerprint density at radius 2 is 1.88 bits per heavy atom. The van der Waals surface area contributed by atoms with E-state index in [9.17, 15) is 17.6 Å². The lowest BCUT2D eigenvalue weighted by Gasteiger charge is -2.13. The van der Waals surface area contributed by atoms with Crippen LogP contribution >= 0.6 is 0 Å². The number of para-hydroxylation sites is 1. The van der Waals surface area contributed by atoms with E-state index in [0.29, 0.717) is 19.2 Å². The fourth-order valence-corrected chi connectivity index (χ4v) is 2.71. The zero-order valence-corrected chi connectivity index (χ0v) is 14.1. The lowest BCUT2D eigenvalue weighted by Crippen LogP contribution is -2.17. The van der Waals surface area contributed by atoms with Crippen LogP contribution in [0.4, 0.5) is 17.6 Å². The molecule has 0 saturated carbocycles. The van der Waals surface area contributed by atoms with E-state index in [4.69, 9.17) is 4.42 Å². The van der Waals surface area contributed by atoms with Gasteiger partial charge >= 0.3 is 6.18 Å². The zero-order chi connectivity index (χ0) is 18.7. The molecule has 0 radical (unpaired) electrons. The highest BCUT2D eigenvalue weighted by Gasteiger charge is 2.30. The summed E-state index contributed by atoms with van der Waals surface area (Å²) in [6, 6.07) is 10.3. The topological polar surface area (TPSA) is 16.4 Å². The molecule has 2 nitrogen and oxygen atoms in total. The fraction of sp³-hybridized carbons (Fsp3) is 0.200. The number of nitrogens with zero attached hydrogens (tertiary/aromatic N) is 1. The van der Waals surface area contributed by atoms with Crippen molar-refractivity contribution in [3.63, 3.8) is 0 Å². The number of likely N-dealkylation sites (N-methyl/N-ethyl adjacent to an activating group) is 1. The maximum absolute atomic E-state index is 13.8. The minimum atomic E-state index is -4.54. The lowest BCUT2D eigenvalue weighted by atomic mass is 10.1. The van der Waals surface area contributed by atoms with E-state index < -0.39 is 17.6 Å². The van der Waals surface area contributed by atoms with Gasteiger partial charge in [0.05, 0.1) is 11.8 Å². The summed E-state index contributed by atoms with van der Waals surface area (Å²) in [5.74, 6) is -0.889. The van der Waals surface area contributed by atoms with Crippen LogP contribution in [-0.4, -0.2) is 18.5 Å². The second-order valence-electron chi connectivity index (χ2n) is 6.09. The summed E-state index contributed by atoms with van der Waals surface area (Å²) in [5.41, 5.74) is 0.992. The Kier molecular flexibility index (Phi) is 5.13. The van der Waals surface area contributed by atoms with Crippen LogP contribution in [0.5, 0.6) is 0 Å². The van der Waals surface area contributed by atoms with Crippen LogP contribution in [-0.2, 0) is 12.7 Å². The minimum Gasteiger partial charge on any atom is -0.464 e. The average Bonchev–Trinajstić information content (AvgIpc) is 2.98. The average molecular weight is 363 g/mol. The van der Waals surface area contributed by atoms with Crippen LogP contribution in [0.15, 0.2) is 59.2 Å². The van der Waals surface area contributed by atoms with Gasteiger partial charge in [-0.1, -0.05) is 36.4 Å². The molecule has 1 heterocycles. The van der Waals surface area contributed by atoms with Gasteiger partial charge in [0.2, 0.25) is 0 Å². The highest BCUT2D eigenvalue weighted by molar-refractivity contribution is 5.80. The van der Waals surface area contributed by atoms with Gasteiger partial charge in [-0.25, -0.2) is 4.39 Å². The van der Waals surface area contributed by atoms with Gasteiger partial charge in [-0.2, -0.15) is 13.2 Å². The van der Waals surface area contributed by atoms with Gasteiger partial charge in [0.15, 0.2) is 0 Å². The third-order valence-corrected chi connectivity index (χ3v) is 4.04. The van der Waals surface area contributed by atoms with Crippen LogP contribution in [0.1, 0.15) is 16.7 Å². The molecule has 0 aliphatic rings. The normalized spacial score (nSPS) is 12.5. The third kappa shape index (κ3) is 4.14. The molecule has 3 rings (SSSR count). The summed E-state index contributed by atoms with van der Waals surface area (Å²) in [7, 11) is 1.90. The van der Waals surface area contributed by atoms with E-state index in [2.05, 4.69) is 0 Å². The monoisotopic (exact) mass is 363 g/mol. The predicted molar refractivity (Wildman–Crippen MR) is 93.0 cm³/mol. The van der Waals surface area contributed by atoms with Crippen molar-refractivity contribution in [3.8, 4) is 0 Å². The maximum atomic E-state index is 13.8. The van der Waals surface area contributed by atoms with Gasteiger partial charge in [-0.05, 0) is 25.2 Å². The number of benzene rings is 2. The summed E-state index contributed by atoms with van der Waals surface area (Å²) in [4.78, 5) is 2.00. The number of alkyl halides is 3. The number of hydrogen-bond acceptors (Lipinski definition) is 2. The van der Waals surface area contributed by atoms with Crippen LogP contribution in [0.3, 0.4) is 0 Å². The molecule has 2 aromatic carbocycles. The highest BCUT2D eigenvalue weighted by Crippen LogP contribution is 2.30. The van der Waals surface area contributed by atoms with Crippen molar-refractivity contribution in [1.82, 2.24) is 4.90 Å². The summed E-state index contributed by atoms with van der Waals surface area (Å²) in [5, 5.41) is 1.04. The van der Waals surface area contributed by atoms with Crippen LogP contribution < -0.4 is 0 Å². The van der Waals surface area contributed by atoms with E-state index >= 15 is 0 Å². The van der Waals surface area contributed by atoms with Crippen LogP contribution in [0, 0.1) is 5.82 Å². The largest absolute Gasteiger partial charge is 0.464 e. The number of rotatable bonds is 5. The second-order valence-corrected chi connectivity index (χ2v) is 6.09. The van der Waals surface area contributed by atoms with E-state index in [1.165, 1.54) is 6.08 Å². The molecule has 0 N–H and O–H groups in total. The molecule has 0 aliphatic carbocycles. The van der Waals surface area contributed by atoms with Crippen molar-refractivity contribution in [2.45, 2.75) is 12.7 Å². The first-order valence-electron chi connectivity index (χ1n) is 8.01. The highest BCUT2D eigenvalue weighted by atomic mass is 19.4. The van der Waals surface area contributed by atoms with Crippen molar-refractivity contribution in [3.05, 3.63) is 77.3 Å². The fourth-order valence-electron chi connectivity index (χ4n) is 2.71. The Hall–Kier alpha value is -2.60. The summed E-state index contributed by atoms with van der Waals surface area (Å²) >= 11 is 0.